The number of aryl methyl sites for hydroxylation is 1. The van der Waals surface area contributed by atoms with Gasteiger partial charge >= 0.3 is 0 Å². The number of nitrogens with zero attached hydrogens (tertiary/aromatic N) is 2. The number of rotatable bonds is 4. The van der Waals surface area contributed by atoms with Crippen LogP contribution < -0.4 is 0 Å². The molecule has 1 aliphatic carbocycles. The second kappa shape index (κ2) is 7.20. The van der Waals surface area contributed by atoms with E-state index >= 15 is 0 Å². The van der Waals surface area contributed by atoms with Gasteiger partial charge in [-0.3, -0.25) is 4.79 Å². The van der Waals surface area contributed by atoms with Gasteiger partial charge in [-0.05, 0) is 43.2 Å². The van der Waals surface area contributed by atoms with Crippen LogP contribution in [0.2, 0.25) is 0 Å². The van der Waals surface area contributed by atoms with Crippen molar-refractivity contribution in [3.05, 3.63) is 36.5 Å². The van der Waals surface area contributed by atoms with E-state index in [1.165, 1.54) is 17.3 Å². The van der Waals surface area contributed by atoms with Gasteiger partial charge in [0.05, 0.1) is 6.10 Å². The molecule has 2 aromatic rings. The third-order valence-electron chi connectivity index (χ3n) is 6.14. The number of likely N-dealkylation sites (tertiary alicyclic amines) is 1. The smallest absolute Gasteiger partial charge is 0.224 e. The second-order valence-corrected chi connectivity index (χ2v) is 7.63. The van der Waals surface area contributed by atoms with E-state index in [-0.39, 0.29) is 24.0 Å². The number of carbonyl (C=O) groups excluding carboxylic acids is 1. The minimum Gasteiger partial charge on any atom is -0.393 e. The molecule has 1 aliphatic heterocycles. The van der Waals surface area contributed by atoms with Crippen LogP contribution in [0.4, 0.5) is 0 Å². The first-order chi connectivity index (χ1) is 12.2. The third kappa shape index (κ3) is 3.32. The zero-order valence-corrected chi connectivity index (χ0v) is 14.8. The lowest BCUT2D eigenvalue weighted by Gasteiger charge is -2.37. The Hall–Kier alpha value is -1.81. The van der Waals surface area contributed by atoms with E-state index in [1.54, 1.807) is 0 Å². The van der Waals surface area contributed by atoms with Crippen LogP contribution in [0.1, 0.15) is 44.9 Å². The zero-order valence-electron chi connectivity index (χ0n) is 14.8. The largest absolute Gasteiger partial charge is 0.393 e. The van der Waals surface area contributed by atoms with E-state index in [1.807, 2.05) is 12.1 Å². The fraction of sp³-hybridized carbons (Fsp3) is 0.571. The SMILES string of the molecule is O=C(CCn1ccc2ccccc21)N1CCC[C@@H]1[C@@H]1CCCC[C@@H]1O. The molecule has 2 fully saturated rings. The van der Waals surface area contributed by atoms with Crippen molar-refractivity contribution in [3.63, 3.8) is 0 Å². The standard InChI is InChI=1S/C21H28N2O2/c24-20-10-4-2-7-17(20)19-9-5-13-23(19)21(25)12-15-22-14-11-16-6-1-3-8-18(16)22/h1,3,6,8,11,14,17,19-20,24H,2,4-5,7,9-10,12-13,15H2/t17-,19+,20-/m0/s1. The maximum Gasteiger partial charge on any atom is 0.224 e. The van der Waals surface area contributed by atoms with Crippen molar-refractivity contribution in [2.75, 3.05) is 6.54 Å². The highest BCUT2D eigenvalue weighted by Gasteiger charge is 2.38. The molecule has 1 amide bonds. The van der Waals surface area contributed by atoms with E-state index in [4.69, 9.17) is 0 Å². The summed E-state index contributed by atoms with van der Waals surface area (Å²) in [6.45, 7) is 1.59. The molecule has 4 heteroatoms. The van der Waals surface area contributed by atoms with E-state index in [0.29, 0.717) is 6.42 Å². The van der Waals surface area contributed by atoms with Crippen molar-refractivity contribution >= 4 is 16.8 Å². The molecule has 134 valence electrons. The molecule has 0 radical (unpaired) electrons. The number of aromatic nitrogens is 1. The van der Waals surface area contributed by atoms with Crippen molar-refractivity contribution in [2.45, 2.75) is 63.6 Å². The number of aliphatic hydroxyl groups is 1. The third-order valence-corrected chi connectivity index (χ3v) is 6.14. The lowest BCUT2D eigenvalue weighted by molar-refractivity contribution is -0.134. The first-order valence-electron chi connectivity index (χ1n) is 9.75. The molecule has 1 aromatic carbocycles. The van der Waals surface area contributed by atoms with Crippen LogP contribution in [0.3, 0.4) is 0 Å². The molecule has 2 heterocycles. The molecule has 1 aromatic heterocycles. The summed E-state index contributed by atoms with van der Waals surface area (Å²) in [6.07, 6.45) is 8.81. The molecule has 25 heavy (non-hydrogen) atoms. The van der Waals surface area contributed by atoms with E-state index in [9.17, 15) is 9.90 Å². The highest BCUT2D eigenvalue weighted by Crippen LogP contribution is 2.35. The van der Waals surface area contributed by atoms with Crippen molar-refractivity contribution in [3.8, 4) is 0 Å². The number of hydrogen-bond donors (Lipinski definition) is 1. The fourth-order valence-corrected chi connectivity index (χ4v) is 4.83. The maximum atomic E-state index is 12.9. The number of hydrogen-bond acceptors (Lipinski definition) is 2. The van der Waals surface area contributed by atoms with Crippen LogP contribution in [0, 0.1) is 5.92 Å². The molecule has 4 rings (SSSR count). The van der Waals surface area contributed by atoms with Crippen molar-refractivity contribution in [1.82, 2.24) is 9.47 Å². The summed E-state index contributed by atoms with van der Waals surface area (Å²) in [5.74, 6) is 0.533. The number of aliphatic hydroxyl groups excluding tert-OH is 1. The Kier molecular flexibility index (Phi) is 4.80. The second-order valence-electron chi connectivity index (χ2n) is 7.63. The number of benzene rings is 1. The minimum atomic E-state index is -0.222. The van der Waals surface area contributed by atoms with E-state index in [2.05, 4.69) is 33.9 Å². The van der Waals surface area contributed by atoms with E-state index in [0.717, 1.165) is 45.2 Å². The van der Waals surface area contributed by atoms with Gasteiger partial charge in [0.15, 0.2) is 0 Å². The Labute approximate surface area is 149 Å². The van der Waals surface area contributed by atoms with Gasteiger partial charge in [-0.25, -0.2) is 0 Å². The maximum absolute atomic E-state index is 12.9. The highest BCUT2D eigenvalue weighted by atomic mass is 16.3. The highest BCUT2D eigenvalue weighted by molar-refractivity contribution is 5.80. The molecule has 0 spiro atoms. The van der Waals surface area contributed by atoms with Gasteiger partial charge in [-0.1, -0.05) is 31.0 Å². The Bertz CT molecular complexity index is 738. The molecule has 1 N–H and O–H groups in total. The average Bonchev–Trinajstić information content (AvgIpc) is 3.27. The number of para-hydroxylation sites is 1. The number of fused-ring (bicyclic) bond motifs is 1. The Morgan fingerprint density at radius 2 is 1.92 bits per heavy atom. The van der Waals surface area contributed by atoms with Gasteiger partial charge in [0, 0.05) is 43.2 Å². The average molecular weight is 340 g/mol. The summed E-state index contributed by atoms with van der Waals surface area (Å²) in [6, 6.07) is 10.7. The Balaban J connectivity index is 1.41. The Morgan fingerprint density at radius 1 is 1.08 bits per heavy atom. The molecule has 0 bridgehead atoms. The molecule has 0 unspecified atom stereocenters. The predicted molar refractivity (Wildman–Crippen MR) is 99.3 cm³/mol. The van der Waals surface area contributed by atoms with E-state index < -0.39 is 0 Å². The fourth-order valence-electron chi connectivity index (χ4n) is 4.83. The first-order valence-corrected chi connectivity index (χ1v) is 9.75. The van der Waals surface area contributed by atoms with Gasteiger partial charge in [0.1, 0.15) is 0 Å². The van der Waals surface area contributed by atoms with Gasteiger partial charge in [-0.2, -0.15) is 0 Å². The lowest BCUT2D eigenvalue weighted by Crippen LogP contribution is -2.45. The van der Waals surface area contributed by atoms with Gasteiger partial charge in [0.2, 0.25) is 5.91 Å². The molecular formula is C21H28N2O2. The normalized spacial score (nSPS) is 27.1. The number of carbonyl (C=O) groups is 1. The predicted octanol–water partition coefficient (Wildman–Crippen LogP) is 3.57. The topological polar surface area (TPSA) is 45.5 Å². The zero-order chi connectivity index (χ0) is 17.2. The van der Waals surface area contributed by atoms with Crippen molar-refractivity contribution in [2.24, 2.45) is 5.92 Å². The van der Waals surface area contributed by atoms with Gasteiger partial charge in [-0.15, -0.1) is 0 Å². The summed E-state index contributed by atoms with van der Waals surface area (Å²) in [5, 5.41) is 11.6. The monoisotopic (exact) mass is 340 g/mol. The Morgan fingerprint density at radius 3 is 2.80 bits per heavy atom. The molecule has 3 atom stereocenters. The summed E-state index contributed by atoms with van der Waals surface area (Å²) in [4.78, 5) is 14.9. The van der Waals surface area contributed by atoms with Gasteiger partial charge in [0.25, 0.3) is 0 Å². The first kappa shape index (κ1) is 16.6. The molecule has 1 saturated carbocycles. The van der Waals surface area contributed by atoms with Crippen LogP contribution in [0.5, 0.6) is 0 Å². The summed E-state index contributed by atoms with van der Waals surface area (Å²) in [5.41, 5.74) is 1.19. The lowest BCUT2D eigenvalue weighted by atomic mass is 9.80. The minimum absolute atomic E-state index is 0.222. The summed E-state index contributed by atoms with van der Waals surface area (Å²) < 4.78 is 2.17. The van der Waals surface area contributed by atoms with Gasteiger partial charge < -0.3 is 14.6 Å². The molecule has 2 aliphatic rings. The van der Waals surface area contributed by atoms with Crippen LogP contribution in [0.25, 0.3) is 10.9 Å². The van der Waals surface area contributed by atoms with Crippen LogP contribution in [-0.2, 0) is 11.3 Å². The quantitative estimate of drug-likeness (QED) is 0.925. The van der Waals surface area contributed by atoms with Crippen LogP contribution in [-0.4, -0.2) is 39.2 Å². The number of amides is 1. The van der Waals surface area contributed by atoms with Crippen molar-refractivity contribution in [1.29, 1.82) is 0 Å². The summed E-state index contributed by atoms with van der Waals surface area (Å²) >= 11 is 0. The summed E-state index contributed by atoms with van der Waals surface area (Å²) in [7, 11) is 0. The molecule has 1 saturated heterocycles. The van der Waals surface area contributed by atoms with Crippen molar-refractivity contribution < 1.29 is 9.90 Å². The van der Waals surface area contributed by atoms with Crippen LogP contribution in [0.15, 0.2) is 36.5 Å². The molecular weight excluding hydrogens is 312 g/mol. The molecule has 4 nitrogen and oxygen atoms in total. The van der Waals surface area contributed by atoms with Crippen LogP contribution >= 0.6 is 0 Å².